The highest BCUT2D eigenvalue weighted by atomic mass is 127. The third-order valence-electron chi connectivity index (χ3n) is 4.09. The van der Waals surface area contributed by atoms with Gasteiger partial charge in [-0.2, -0.15) is 0 Å². The van der Waals surface area contributed by atoms with Crippen molar-refractivity contribution >= 4 is 41.5 Å². The monoisotopic (exact) mass is 519 g/mol. The number of halogens is 3. The predicted molar refractivity (Wildman–Crippen MR) is 120 cm³/mol. The first-order chi connectivity index (χ1) is 13.2. The number of hydrogen-bond acceptors (Lipinski definition) is 3. The average Bonchev–Trinajstić information content (AvgIpc) is 2.66. The Morgan fingerprint density at radius 2 is 2.11 bits per heavy atom. The van der Waals surface area contributed by atoms with Crippen LogP contribution in [0.4, 0.5) is 4.39 Å². The molecule has 5 nitrogen and oxygen atoms in total. The van der Waals surface area contributed by atoms with Crippen LogP contribution >= 0.6 is 35.6 Å². The lowest BCUT2D eigenvalue weighted by molar-refractivity contribution is -0.0172. The summed E-state index contributed by atoms with van der Waals surface area (Å²) >= 11 is 6.01. The van der Waals surface area contributed by atoms with Crippen molar-refractivity contribution in [2.24, 2.45) is 4.99 Å². The Kier molecular flexibility index (Phi) is 9.27. The molecule has 0 atom stereocenters. The quantitative estimate of drug-likeness (QED) is 0.340. The van der Waals surface area contributed by atoms with Crippen LogP contribution in [0.3, 0.4) is 0 Å². The summed E-state index contributed by atoms with van der Waals surface area (Å²) in [6.07, 6.45) is 0.613. The fraction of sp³-hybridized carbons (Fsp3) is 0.350. The van der Waals surface area contributed by atoms with E-state index < -0.39 is 0 Å². The minimum atomic E-state index is -0.278. The SMILES string of the molecule is CCNC(=NCc1cccc(Cl)c1)NCCc1cc(F)cc2c1OCOC2.I. The molecule has 28 heavy (non-hydrogen) atoms. The number of ether oxygens (including phenoxy) is 2. The number of nitrogens with one attached hydrogen (secondary N) is 2. The minimum Gasteiger partial charge on any atom is -0.467 e. The minimum absolute atomic E-state index is 0. The Hall–Kier alpha value is -1.58. The van der Waals surface area contributed by atoms with Crippen LogP contribution in [0.5, 0.6) is 5.75 Å². The van der Waals surface area contributed by atoms with Gasteiger partial charge in [0.05, 0.1) is 13.2 Å². The van der Waals surface area contributed by atoms with E-state index in [1.165, 1.54) is 12.1 Å². The smallest absolute Gasteiger partial charge is 0.191 e. The lowest BCUT2D eigenvalue weighted by Crippen LogP contribution is -2.38. The molecule has 0 saturated carbocycles. The maximum Gasteiger partial charge on any atom is 0.191 e. The van der Waals surface area contributed by atoms with Crippen molar-refractivity contribution in [2.75, 3.05) is 19.9 Å². The molecular weight excluding hydrogens is 496 g/mol. The van der Waals surface area contributed by atoms with Crippen molar-refractivity contribution in [1.29, 1.82) is 0 Å². The topological polar surface area (TPSA) is 54.9 Å². The van der Waals surface area contributed by atoms with Gasteiger partial charge in [-0.05, 0) is 48.7 Å². The van der Waals surface area contributed by atoms with Crippen molar-refractivity contribution in [2.45, 2.75) is 26.5 Å². The second kappa shape index (κ2) is 11.4. The van der Waals surface area contributed by atoms with Gasteiger partial charge in [0.15, 0.2) is 12.8 Å². The lowest BCUT2D eigenvalue weighted by Gasteiger charge is -2.21. The van der Waals surface area contributed by atoms with Crippen LogP contribution in [-0.2, 0) is 24.3 Å². The van der Waals surface area contributed by atoms with Crippen molar-refractivity contribution < 1.29 is 13.9 Å². The normalized spacial score (nSPS) is 13.2. The molecule has 1 heterocycles. The van der Waals surface area contributed by atoms with Gasteiger partial charge >= 0.3 is 0 Å². The fourth-order valence-corrected chi connectivity index (χ4v) is 3.12. The van der Waals surface area contributed by atoms with Gasteiger partial charge < -0.3 is 20.1 Å². The Morgan fingerprint density at radius 3 is 2.89 bits per heavy atom. The molecule has 3 rings (SSSR count). The molecule has 2 aromatic carbocycles. The molecule has 0 fully saturated rings. The van der Waals surface area contributed by atoms with Crippen molar-refractivity contribution in [3.05, 3.63) is 63.9 Å². The van der Waals surface area contributed by atoms with E-state index in [9.17, 15) is 4.39 Å². The van der Waals surface area contributed by atoms with Gasteiger partial charge in [0.25, 0.3) is 0 Å². The maximum atomic E-state index is 13.8. The molecule has 152 valence electrons. The summed E-state index contributed by atoms with van der Waals surface area (Å²) in [4.78, 5) is 4.57. The van der Waals surface area contributed by atoms with E-state index in [1.54, 1.807) is 0 Å². The zero-order valence-corrected chi connectivity index (χ0v) is 18.7. The number of hydrogen-bond donors (Lipinski definition) is 2. The van der Waals surface area contributed by atoms with Crippen LogP contribution < -0.4 is 15.4 Å². The zero-order valence-electron chi connectivity index (χ0n) is 15.6. The molecule has 2 aromatic rings. The molecule has 0 amide bonds. The Balaban J connectivity index is 0.00000280. The van der Waals surface area contributed by atoms with E-state index >= 15 is 0 Å². The van der Waals surface area contributed by atoms with Crippen molar-refractivity contribution in [3.8, 4) is 5.75 Å². The molecule has 1 aliphatic rings. The average molecular weight is 520 g/mol. The van der Waals surface area contributed by atoms with Crippen LogP contribution in [0.25, 0.3) is 0 Å². The van der Waals surface area contributed by atoms with E-state index in [-0.39, 0.29) is 36.6 Å². The fourth-order valence-electron chi connectivity index (χ4n) is 2.91. The number of aliphatic imine (C=N–C) groups is 1. The molecule has 2 N–H and O–H groups in total. The second-order valence-electron chi connectivity index (χ2n) is 6.17. The van der Waals surface area contributed by atoms with Gasteiger partial charge in [-0.25, -0.2) is 9.38 Å². The van der Waals surface area contributed by atoms with Crippen LogP contribution in [0.1, 0.15) is 23.6 Å². The van der Waals surface area contributed by atoms with Gasteiger partial charge in [-0.1, -0.05) is 23.7 Å². The highest BCUT2D eigenvalue weighted by molar-refractivity contribution is 14.0. The first kappa shape index (κ1) is 22.7. The van der Waals surface area contributed by atoms with Crippen LogP contribution in [0.2, 0.25) is 5.02 Å². The van der Waals surface area contributed by atoms with Crippen molar-refractivity contribution in [3.63, 3.8) is 0 Å². The third-order valence-corrected chi connectivity index (χ3v) is 4.33. The highest BCUT2D eigenvalue weighted by Gasteiger charge is 2.16. The first-order valence-electron chi connectivity index (χ1n) is 8.94. The molecule has 0 radical (unpaired) electrons. The van der Waals surface area contributed by atoms with Gasteiger partial charge in [0.2, 0.25) is 0 Å². The van der Waals surface area contributed by atoms with E-state index in [1.807, 2.05) is 31.2 Å². The Morgan fingerprint density at radius 1 is 1.25 bits per heavy atom. The maximum absolute atomic E-state index is 13.8. The summed E-state index contributed by atoms with van der Waals surface area (Å²) in [6, 6.07) is 10.6. The standard InChI is InChI=1S/C20H23ClFN3O2.HI/c1-2-23-20(25-11-14-4-3-5-17(21)8-14)24-7-6-15-9-18(22)10-16-12-26-13-27-19(15)16;/h3-5,8-10H,2,6-7,11-13H2,1H3,(H2,23,24,25);1H. The Bertz CT molecular complexity index is 820. The van der Waals surface area contributed by atoms with Crippen LogP contribution in [0, 0.1) is 5.82 Å². The summed E-state index contributed by atoms with van der Waals surface area (Å²) in [5.74, 6) is 1.15. The molecule has 0 bridgehead atoms. The molecule has 1 aliphatic heterocycles. The zero-order chi connectivity index (χ0) is 19.1. The van der Waals surface area contributed by atoms with Gasteiger partial charge in [-0.3, -0.25) is 0 Å². The van der Waals surface area contributed by atoms with Gasteiger partial charge in [0, 0.05) is 23.7 Å². The molecule has 0 aliphatic carbocycles. The van der Waals surface area contributed by atoms with Crippen molar-refractivity contribution in [1.82, 2.24) is 10.6 Å². The number of nitrogens with zero attached hydrogens (tertiary/aromatic N) is 1. The van der Waals surface area contributed by atoms with Crippen LogP contribution in [-0.4, -0.2) is 25.8 Å². The molecule has 0 saturated heterocycles. The highest BCUT2D eigenvalue weighted by Crippen LogP contribution is 2.29. The van der Waals surface area contributed by atoms with Gasteiger partial charge in [-0.15, -0.1) is 24.0 Å². The van der Waals surface area contributed by atoms with E-state index in [0.717, 1.165) is 29.0 Å². The summed E-state index contributed by atoms with van der Waals surface area (Å²) in [7, 11) is 0. The number of fused-ring (bicyclic) bond motifs is 1. The number of guanidine groups is 1. The molecule has 0 unspecified atom stereocenters. The second-order valence-corrected chi connectivity index (χ2v) is 6.60. The van der Waals surface area contributed by atoms with Gasteiger partial charge in [0.1, 0.15) is 11.6 Å². The summed E-state index contributed by atoms with van der Waals surface area (Å²) < 4.78 is 24.6. The largest absolute Gasteiger partial charge is 0.467 e. The molecule has 0 aromatic heterocycles. The van der Waals surface area contributed by atoms with E-state index in [0.29, 0.717) is 37.1 Å². The molecule has 8 heteroatoms. The van der Waals surface area contributed by atoms with Crippen LogP contribution in [0.15, 0.2) is 41.4 Å². The summed E-state index contributed by atoms with van der Waals surface area (Å²) in [6.45, 7) is 4.44. The predicted octanol–water partition coefficient (Wildman–Crippen LogP) is 4.26. The summed E-state index contributed by atoms with van der Waals surface area (Å²) in [5, 5.41) is 7.18. The van der Waals surface area contributed by atoms with E-state index in [2.05, 4.69) is 15.6 Å². The molecular formula is C20H24ClFIN3O2. The summed E-state index contributed by atoms with van der Waals surface area (Å²) in [5.41, 5.74) is 2.61. The van der Waals surface area contributed by atoms with E-state index in [4.69, 9.17) is 21.1 Å². The Labute approximate surface area is 186 Å². The molecule has 0 spiro atoms. The first-order valence-corrected chi connectivity index (χ1v) is 9.32. The lowest BCUT2D eigenvalue weighted by atomic mass is 10.1. The third kappa shape index (κ3) is 6.49. The number of rotatable bonds is 6. The number of benzene rings is 2.